The first kappa shape index (κ1) is 16.5. The number of benzene rings is 1. The summed E-state index contributed by atoms with van der Waals surface area (Å²) in [5.74, 6) is 1.57. The van der Waals surface area contributed by atoms with Crippen LogP contribution in [0.1, 0.15) is 50.0 Å². The molecule has 1 amide bonds. The number of hydrogen-bond acceptors (Lipinski definition) is 4. The van der Waals surface area contributed by atoms with Gasteiger partial charge in [-0.2, -0.15) is 0 Å². The van der Waals surface area contributed by atoms with E-state index in [0.717, 1.165) is 37.1 Å². The number of likely N-dealkylation sites (tertiary alicyclic amines) is 1. The Morgan fingerprint density at radius 2 is 1.83 bits per heavy atom. The number of hydrogen-bond donors (Lipinski definition) is 0. The Kier molecular flexibility index (Phi) is 4.83. The zero-order chi connectivity index (χ0) is 17.1. The number of amides is 1. The highest BCUT2D eigenvalue weighted by atomic mass is 16.4. The van der Waals surface area contributed by atoms with Gasteiger partial charge < -0.3 is 9.32 Å². The molecule has 0 saturated carbocycles. The second-order valence-electron chi connectivity index (χ2n) is 6.45. The zero-order valence-electron chi connectivity index (χ0n) is 14.5. The van der Waals surface area contributed by atoms with Crippen molar-refractivity contribution in [2.75, 3.05) is 13.1 Å². The first-order chi connectivity index (χ1) is 11.6. The normalized spacial score (nSPS) is 15.0. The van der Waals surface area contributed by atoms with Gasteiger partial charge in [-0.15, -0.1) is 10.2 Å². The van der Waals surface area contributed by atoms with Crippen molar-refractivity contribution in [3.8, 4) is 0 Å². The molecule has 124 valence electrons. The first-order valence-electron chi connectivity index (χ1n) is 8.43. The summed E-state index contributed by atoms with van der Waals surface area (Å²) in [7, 11) is 1.62. The predicted octanol–water partition coefficient (Wildman–Crippen LogP) is 2.84. The molecule has 24 heavy (non-hydrogen) atoms. The van der Waals surface area contributed by atoms with Crippen molar-refractivity contribution in [1.82, 2.24) is 15.1 Å². The van der Waals surface area contributed by atoms with Gasteiger partial charge in [0, 0.05) is 24.6 Å². The minimum atomic E-state index is 0.134. The smallest absolute Gasteiger partial charge is 0.248 e. The van der Waals surface area contributed by atoms with Gasteiger partial charge in [0.25, 0.3) is 0 Å². The molecule has 0 N–H and O–H groups in total. The molecule has 6 heteroatoms. The van der Waals surface area contributed by atoms with E-state index in [9.17, 15) is 4.79 Å². The Bertz CT molecular complexity index is 743. The highest BCUT2D eigenvalue weighted by Gasteiger charge is 2.23. The highest BCUT2D eigenvalue weighted by molar-refractivity contribution is 6.56. The standard InChI is InChI=1S/C18H22BN3O2/c1-12(2)16-20-21-17(24-16)15(13-6-4-3-5-7-13)14-8-10-22(11-9-14)18(19)23/h3-7,12H,8-11,19H2,1-2H3. The van der Waals surface area contributed by atoms with Gasteiger partial charge in [-0.05, 0) is 18.4 Å². The summed E-state index contributed by atoms with van der Waals surface area (Å²) in [6.45, 7) is 5.56. The molecule has 1 aliphatic rings. The molecule has 0 aliphatic carbocycles. The number of rotatable bonds is 3. The lowest BCUT2D eigenvalue weighted by Gasteiger charge is -2.29. The molecule has 0 bridgehead atoms. The lowest BCUT2D eigenvalue weighted by Crippen LogP contribution is -2.35. The van der Waals surface area contributed by atoms with Crippen molar-refractivity contribution in [3.63, 3.8) is 0 Å². The number of aromatic nitrogens is 2. The Morgan fingerprint density at radius 1 is 1.17 bits per heavy atom. The van der Waals surface area contributed by atoms with E-state index in [1.54, 1.807) is 7.85 Å². The second-order valence-corrected chi connectivity index (χ2v) is 6.45. The second kappa shape index (κ2) is 7.03. The average molecular weight is 323 g/mol. The lowest BCUT2D eigenvalue weighted by molar-refractivity contribution is 0.217. The lowest BCUT2D eigenvalue weighted by atomic mass is 9.92. The van der Waals surface area contributed by atoms with Crippen LogP contribution in [0.4, 0.5) is 4.79 Å². The van der Waals surface area contributed by atoms with Gasteiger partial charge in [-0.25, -0.2) is 0 Å². The quantitative estimate of drug-likeness (QED) is 0.815. The van der Waals surface area contributed by atoms with Gasteiger partial charge in [-0.1, -0.05) is 49.8 Å². The maximum atomic E-state index is 11.6. The topological polar surface area (TPSA) is 59.2 Å². The summed E-state index contributed by atoms with van der Waals surface area (Å²) in [5, 5.41) is 8.47. The van der Waals surface area contributed by atoms with Crippen molar-refractivity contribution in [1.29, 1.82) is 0 Å². The number of nitrogens with zero attached hydrogens (tertiary/aromatic N) is 3. The van der Waals surface area contributed by atoms with Crippen LogP contribution in [-0.2, 0) is 0 Å². The molecule has 0 atom stereocenters. The molecule has 0 unspecified atom stereocenters. The van der Waals surface area contributed by atoms with Crippen LogP contribution >= 0.6 is 0 Å². The van der Waals surface area contributed by atoms with Crippen molar-refractivity contribution in [3.05, 3.63) is 53.2 Å². The fourth-order valence-electron chi connectivity index (χ4n) is 2.99. The van der Waals surface area contributed by atoms with E-state index >= 15 is 0 Å². The largest absolute Gasteiger partial charge is 0.420 e. The van der Waals surface area contributed by atoms with E-state index in [4.69, 9.17) is 4.42 Å². The predicted molar refractivity (Wildman–Crippen MR) is 95.6 cm³/mol. The molecule has 0 spiro atoms. The summed E-state index contributed by atoms with van der Waals surface area (Å²) < 4.78 is 5.93. The number of carbonyl (C=O) groups excluding carboxylic acids is 1. The molecule has 2 aromatic rings. The van der Waals surface area contributed by atoms with Crippen LogP contribution in [-0.4, -0.2) is 41.8 Å². The Labute approximate surface area is 143 Å². The van der Waals surface area contributed by atoms with Crippen LogP contribution in [0.5, 0.6) is 0 Å². The van der Waals surface area contributed by atoms with Gasteiger partial charge in [0.2, 0.25) is 19.6 Å². The number of piperidine rings is 1. The molecule has 1 saturated heterocycles. The molecular weight excluding hydrogens is 301 g/mol. The molecule has 2 heterocycles. The third-order valence-electron chi connectivity index (χ3n) is 4.38. The van der Waals surface area contributed by atoms with Crippen LogP contribution in [0.15, 0.2) is 40.3 Å². The van der Waals surface area contributed by atoms with Crippen molar-refractivity contribution in [2.24, 2.45) is 0 Å². The van der Waals surface area contributed by atoms with Crippen molar-refractivity contribution >= 4 is 19.2 Å². The van der Waals surface area contributed by atoms with Crippen LogP contribution in [0.25, 0.3) is 5.57 Å². The SMILES string of the molecule is BC(=O)N1CCC(=C(c2ccccc2)c2nnc(C(C)C)o2)CC1. The summed E-state index contributed by atoms with van der Waals surface area (Å²) in [4.78, 5) is 13.5. The van der Waals surface area contributed by atoms with Gasteiger partial charge in [-0.3, -0.25) is 4.79 Å². The fourth-order valence-corrected chi connectivity index (χ4v) is 2.99. The van der Waals surface area contributed by atoms with E-state index in [2.05, 4.69) is 22.3 Å². The van der Waals surface area contributed by atoms with Gasteiger partial charge >= 0.3 is 0 Å². The molecule has 1 aromatic heterocycles. The minimum absolute atomic E-state index is 0.134. The minimum Gasteiger partial charge on any atom is -0.420 e. The van der Waals surface area contributed by atoms with E-state index < -0.39 is 0 Å². The number of carbonyl (C=O) groups is 1. The Morgan fingerprint density at radius 3 is 2.38 bits per heavy atom. The molecule has 1 aromatic carbocycles. The van der Waals surface area contributed by atoms with Crippen molar-refractivity contribution < 1.29 is 9.21 Å². The van der Waals surface area contributed by atoms with E-state index in [1.807, 2.05) is 36.9 Å². The first-order valence-corrected chi connectivity index (χ1v) is 8.43. The third kappa shape index (κ3) is 3.42. The molecule has 1 aliphatic heterocycles. The summed E-state index contributed by atoms with van der Waals surface area (Å²) in [5.41, 5.74) is 3.39. The summed E-state index contributed by atoms with van der Waals surface area (Å²) in [6.07, 6.45) is 1.67. The van der Waals surface area contributed by atoms with Gasteiger partial charge in [0.15, 0.2) is 5.81 Å². The average Bonchev–Trinajstić information content (AvgIpc) is 3.06. The van der Waals surface area contributed by atoms with E-state index in [-0.39, 0.29) is 11.7 Å². The monoisotopic (exact) mass is 323 g/mol. The Balaban J connectivity index is 2.00. The van der Waals surface area contributed by atoms with Crippen LogP contribution in [0.3, 0.4) is 0 Å². The fraction of sp³-hybridized carbons (Fsp3) is 0.389. The molecular formula is C18H22BN3O2. The molecule has 3 rings (SSSR count). The molecule has 1 fully saturated rings. The highest BCUT2D eigenvalue weighted by Crippen LogP contribution is 2.32. The Hall–Kier alpha value is -2.37. The van der Waals surface area contributed by atoms with Crippen LogP contribution in [0, 0.1) is 0 Å². The van der Waals surface area contributed by atoms with E-state index in [1.165, 1.54) is 5.57 Å². The van der Waals surface area contributed by atoms with E-state index in [0.29, 0.717) is 11.8 Å². The maximum Gasteiger partial charge on any atom is 0.248 e. The van der Waals surface area contributed by atoms with Crippen molar-refractivity contribution in [2.45, 2.75) is 32.6 Å². The third-order valence-corrected chi connectivity index (χ3v) is 4.38. The maximum absolute atomic E-state index is 11.6. The summed E-state index contributed by atoms with van der Waals surface area (Å²) in [6, 6.07) is 10.2. The van der Waals surface area contributed by atoms with Gasteiger partial charge in [0.05, 0.1) is 0 Å². The van der Waals surface area contributed by atoms with Crippen LogP contribution in [0.2, 0.25) is 0 Å². The molecule has 5 nitrogen and oxygen atoms in total. The zero-order valence-corrected chi connectivity index (χ0v) is 14.5. The van der Waals surface area contributed by atoms with Gasteiger partial charge in [0.1, 0.15) is 0 Å². The summed E-state index contributed by atoms with van der Waals surface area (Å²) >= 11 is 0. The molecule has 0 radical (unpaired) electrons. The van der Waals surface area contributed by atoms with Crippen LogP contribution < -0.4 is 0 Å².